The first-order valence-electron chi connectivity index (χ1n) is 7.32. The van der Waals surface area contributed by atoms with Crippen molar-refractivity contribution >= 4 is 27.3 Å². The van der Waals surface area contributed by atoms with Crippen LogP contribution in [0.4, 0.5) is 0 Å². The van der Waals surface area contributed by atoms with Crippen molar-refractivity contribution in [1.29, 1.82) is 0 Å². The summed E-state index contributed by atoms with van der Waals surface area (Å²) in [4.78, 5) is 14.8. The molecule has 0 radical (unpaired) electrons. The van der Waals surface area contributed by atoms with E-state index in [1.165, 1.54) is 0 Å². The van der Waals surface area contributed by atoms with Gasteiger partial charge >= 0.3 is 0 Å². The van der Waals surface area contributed by atoms with Crippen LogP contribution in [-0.4, -0.2) is 44.5 Å². The molecule has 0 saturated carbocycles. The van der Waals surface area contributed by atoms with Crippen molar-refractivity contribution in [2.24, 2.45) is 0 Å². The Morgan fingerprint density at radius 2 is 2.27 bits per heavy atom. The third-order valence-electron chi connectivity index (χ3n) is 4.15. The number of fused-ring (bicyclic) bond motifs is 1. The van der Waals surface area contributed by atoms with Crippen molar-refractivity contribution in [1.82, 2.24) is 25.5 Å². The molecule has 1 fully saturated rings. The van der Waals surface area contributed by atoms with Crippen LogP contribution in [0.1, 0.15) is 34.9 Å². The van der Waals surface area contributed by atoms with Gasteiger partial charge in [0.15, 0.2) is 5.82 Å². The van der Waals surface area contributed by atoms with Crippen molar-refractivity contribution in [2.45, 2.75) is 18.8 Å². The van der Waals surface area contributed by atoms with E-state index in [-0.39, 0.29) is 11.8 Å². The third-order valence-corrected chi connectivity index (χ3v) is 5.11. The molecule has 1 N–H and O–H groups in total. The fourth-order valence-electron chi connectivity index (χ4n) is 3.03. The minimum absolute atomic E-state index is 0.102. The second-order valence-corrected chi connectivity index (χ2v) is 6.42. The molecule has 0 bridgehead atoms. The lowest BCUT2D eigenvalue weighted by Gasteiger charge is -2.31. The maximum absolute atomic E-state index is 12.9. The molecule has 1 unspecified atom stereocenters. The number of carbonyl (C=O) groups excluding carboxylic acids is 1. The maximum atomic E-state index is 12.9. The van der Waals surface area contributed by atoms with Crippen molar-refractivity contribution in [3.05, 3.63) is 41.0 Å². The van der Waals surface area contributed by atoms with E-state index in [1.54, 1.807) is 11.3 Å². The van der Waals surface area contributed by atoms with Crippen LogP contribution in [0.25, 0.3) is 10.1 Å². The Kier molecular flexibility index (Phi) is 3.34. The number of piperidine rings is 1. The highest BCUT2D eigenvalue weighted by Crippen LogP contribution is 2.29. The van der Waals surface area contributed by atoms with Gasteiger partial charge in [-0.3, -0.25) is 4.79 Å². The summed E-state index contributed by atoms with van der Waals surface area (Å²) in [5, 5.41) is 17.2. The zero-order valence-electron chi connectivity index (χ0n) is 11.9. The zero-order valence-corrected chi connectivity index (χ0v) is 12.7. The van der Waals surface area contributed by atoms with Gasteiger partial charge in [-0.05, 0) is 18.9 Å². The van der Waals surface area contributed by atoms with E-state index in [4.69, 9.17) is 0 Å². The molecule has 1 atom stereocenters. The minimum atomic E-state index is 0.102. The largest absolute Gasteiger partial charge is 0.338 e. The minimum Gasteiger partial charge on any atom is -0.338 e. The lowest BCUT2D eigenvalue weighted by Crippen LogP contribution is -2.39. The summed E-state index contributed by atoms with van der Waals surface area (Å²) in [7, 11) is 0. The van der Waals surface area contributed by atoms with Crippen LogP contribution in [0.5, 0.6) is 0 Å². The number of hydrogen-bond acceptors (Lipinski definition) is 5. The number of nitrogens with zero attached hydrogens (tertiary/aromatic N) is 4. The SMILES string of the molecule is O=C(c1csc2ccccc12)N1CCCC(c2nn[nH]n2)C1. The van der Waals surface area contributed by atoms with Gasteiger partial charge in [0.25, 0.3) is 5.91 Å². The summed E-state index contributed by atoms with van der Waals surface area (Å²) < 4.78 is 1.15. The molecule has 1 aliphatic heterocycles. The lowest BCUT2D eigenvalue weighted by molar-refractivity contribution is 0.0707. The number of likely N-dealkylation sites (tertiary alicyclic amines) is 1. The predicted molar refractivity (Wildman–Crippen MR) is 83.9 cm³/mol. The van der Waals surface area contributed by atoms with E-state index in [1.807, 2.05) is 28.5 Å². The molecule has 6 nitrogen and oxygen atoms in total. The highest BCUT2D eigenvalue weighted by molar-refractivity contribution is 7.17. The van der Waals surface area contributed by atoms with Crippen molar-refractivity contribution in [3.63, 3.8) is 0 Å². The average molecular weight is 313 g/mol. The highest BCUT2D eigenvalue weighted by Gasteiger charge is 2.28. The van der Waals surface area contributed by atoms with E-state index in [9.17, 15) is 4.79 Å². The number of benzene rings is 1. The molecule has 1 aliphatic rings. The molecule has 3 aromatic rings. The zero-order chi connectivity index (χ0) is 14.9. The fourth-order valence-corrected chi connectivity index (χ4v) is 3.96. The number of nitrogens with one attached hydrogen (secondary N) is 1. The van der Waals surface area contributed by atoms with Crippen LogP contribution < -0.4 is 0 Å². The molecule has 0 spiro atoms. The molecule has 7 heteroatoms. The van der Waals surface area contributed by atoms with Gasteiger partial charge in [0.05, 0.1) is 5.56 Å². The standard InChI is InChI=1S/C15H15N5OS/c21-15(12-9-22-13-6-2-1-5-11(12)13)20-7-3-4-10(8-20)14-16-18-19-17-14/h1-2,5-6,9-10H,3-4,7-8H2,(H,16,17,18,19). The number of hydrogen-bond donors (Lipinski definition) is 1. The van der Waals surface area contributed by atoms with Crippen molar-refractivity contribution in [2.75, 3.05) is 13.1 Å². The average Bonchev–Trinajstić information content (AvgIpc) is 3.24. The number of rotatable bonds is 2. The second-order valence-electron chi connectivity index (χ2n) is 5.51. The topological polar surface area (TPSA) is 74.8 Å². The lowest BCUT2D eigenvalue weighted by atomic mass is 9.97. The Balaban J connectivity index is 1.60. The summed E-state index contributed by atoms with van der Waals surface area (Å²) >= 11 is 1.62. The predicted octanol–water partition coefficient (Wildman–Crippen LogP) is 2.43. The summed E-state index contributed by atoms with van der Waals surface area (Å²) in [6.45, 7) is 1.44. The van der Waals surface area contributed by atoms with Gasteiger partial charge in [-0.1, -0.05) is 23.4 Å². The quantitative estimate of drug-likeness (QED) is 0.788. The number of thiophene rings is 1. The van der Waals surface area contributed by atoms with Crippen LogP contribution in [0, 0.1) is 0 Å². The third kappa shape index (κ3) is 2.27. The number of carbonyl (C=O) groups is 1. The molecule has 1 saturated heterocycles. The normalized spacial score (nSPS) is 18.7. The van der Waals surface area contributed by atoms with Gasteiger partial charge in [0, 0.05) is 34.5 Å². The van der Waals surface area contributed by atoms with Crippen molar-refractivity contribution in [3.8, 4) is 0 Å². The summed E-state index contributed by atoms with van der Waals surface area (Å²) in [5.74, 6) is 0.972. The van der Waals surface area contributed by atoms with E-state index < -0.39 is 0 Å². The molecule has 2 aromatic heterocycles. The van der Waals surface area contributed by atoms with Crippen LogP contribution >= 0.6 is 11.3 Å². The van der Waals surface area contributed by atoms with Crippen molar-refractivity contribution < 1.29 is 4.79 Å². The van der Waals surface area contributed by atoms with Crippen LogP contribution in [-0.2, 0) is 0 Å². The smallest absolute Gasteiger partial charge is 0.255 e. The Hall–Kier alpha value is -2.28. The van der Waals surface area contributed by atoms with Gasteiger partial charge in [-0.15, -0.1) is 21.5 Å². The van der Waals surface area contributed by atoms with Gasteiger partial charge < -0.3 is 4.90 Å². The number of aromatic amines is 1. The Bertz CT molecular complexity index is 797. The monoisotopic (exact) mass is 313 g/mol. The maximum Gasteiger partial charge on any atom is 0.255 e. The fraction of sp³-hybridized carbons (Fsp3) is 0.333. The van der Waals surface area contributed by atoms with E-state index >= 15 is 0 Å². The van der Waals surface area contributed by atoms with Gasteiger partial charge in [0.1, 0.15) is 0 Å². The number of amides is 1. The molecule has 4 rings (SSSR count). The molecular weight excluding hydrogens is 298 g/mol. The first-order chi connectivity index (χ1) is 10.8. The summed E-state index contributed by atoms with van der Waals surface area (Å²) in [6.07, 6.45) is 1.96. The molecular formula is C15H15N5OS. The Labute approximate surface area is 131 Å². The first-order valence-corrected chi connectivity index (χ1v) is 8.20. The molecule has 3 heterocycles. The van der Waals surface area contributed by atoms with Crippen LogP contribution in [0.2, 0.25) is 0 Å². The number of tetrazole rings is 1. The molecule has 0 aliphatic carbocycles. The second kappa shape index (κ2) is 5.49. The Morgan fingerprint density at radius 1 is 1.36 bits per heavy atom. The summed E-state index contributed by atoms with van der Waals surface area (Å²) in [6, 6.07) is 8.04. The first kappa shape index (κ1) is 13.4. The number of aromatic nitrogens is 4. The summed E-state index contributed by atoms with van der Waals surface area (Å²) in [5.41, 5.74) is 0.800. The van der Waals surface area contributed by atoms with Crippen LogP contribution in [0.15, 0.2) is 29.6 Å². The Morgan fingerprint density at radius 3 is 3.14 bits per heavy atom. The van der Waals surface area contributed by atoms with E-state index in [2.05, 4.69) is 26.7 Å². The highest BCUT2D eigenvalue weighted by atomic mass is 32.1. The van der Waals surface area contributed by atoms with Crippen LogP contribution in [0.3, 0.4) is 0 Å². The van der Waals surface area contributed by atoms with Gasteiger partial charge in [-0.25, -0.2) is 0 Å². The molecule has 22 heavy (non-hydrogen) atoms. The van der Waals surface area contributed by atoms with Gasteiger partial charge in [-0.2, -0.15) is 5.21 Å². The number of H-pyrrole nitrogens is 1. The van der Waals surface area contributed by atoms with Gasteiger partial charge in [0.2, 0.25) is 0 Å². The van der Waals surface area contributed by atoms with E-state index in [0.717, 1.165) is 35.0 Å². The molecule has 1 aromatic carbocycles. The molecule has 112 valence electrons. The molecule has 1 amide bonds. The van der Waals surface area contributed by atoms with E-state index in [0.29, 0.717) is 12.4 Å².